The van der Waals surface area contributed by atoms with Gasteiger partial charge in [-0.2, -0.15) is 0 Å². The third-order valence-corrected chi connectivity index (χ3v) is 3.93. The van der Waals surface area contributed by atoms with Crippen LogP contribution >= 0.6 is 69.6 Å². The molecule has 1 heterocycles. The molecule has 1 aromatic heterocycles. The average molecular weight is 473 g/mol. The van der Waals surface area contributed by atoms with Gasteiger partial charge in [-0.25, -0.2) is 15.0 Å². The predicted octanol–water partition coefficient (Wildman–Crippen LogP) is 6.19. The Morgan fingerprint density at radius 3 is 1.88 bits per heavy atom. The van der Waals surface area contributed by atoms with Gasteiger partial charge in [0.1, 0.15) is 0 Å². The van der Waals surface area contributed by atoms with Crippen molar-refractivity contribution in [2.45, 2.75) is 14.5 Å². The lowest BCUT2D eigenvalue weighted by molar-refractivity contribution is 0.851. The zero-order valence-corrected chi connectivity index (χ0v) is 17.9. The van der Waals surface area contributed by atoms with Crippen molar-refractivity contribution in [2.24, 2.45) is 4.99 Å². The third kappa shape index (κ3) is 6.22. The summed E-state index contributed by atoms with van der Waals surface area (Å²) in [6, 6.07) is 7.24. The van der Waals surface area contributed by atoms with Crippen LogP contribution in [0.3, 0.4) is 0 Å². The maximum absolute atomic E-state index is 5.87. The molecule has 10 heteroatoms. The van der Waals surface area contributed by atoms with Crippen LogP contribution in [-0.4, -0.2) is 27.7 Å². The standard InChI is InChI=1S/C16H12Cl6N4/c1-9(2)7-23-8-10-3-5-11(6-4-10)12-24-13(15(17,18)19)26-14(25-12)16(20,21)22/h3-6,8H,1,7H2,2H3. The van der Waals surface area contributed by atoms with Gasteiger partial charge in [0.25, 0.3) is 0 Å². The summed E-state index contributed by atoms with van der Waals surface area (Å²) < 4.78 is -3.78. The molecule has 0 fully saturated rings. The van der Waals surface area contributed by atoms with Crippen molar-refractivity contribution in [3.63, 3.8) is 0 Å². The van der Waals surface area contributed by atoms with E-state index in [-0.39, 0.29) is 17.5 Å². The van der Waals surface area contributed by atoms with E-state index in [1.165, 1.54) is 0 Å². The Hall–Kier alpha value is -0.620. The van der Waals surface area contributed by atoms with E-state index in [1.807, 2.05) is 19.1 Å². The number of nitrogens with zero attached hydrogens (tertiary/aromatic N) is 4. The summed E-state index contributed by atoms with van der Waals surface area (Å²) in [5.74, 6) is -0.0603. The number of rotatable bonds is 4. The van der Waals surface area contributed by atoms with Gasteiger partial charge in [0.05, 0.1) is 6.54 Å². The molecular formula is C16H12Cl6N4. The number of benzene rings is 1. The molecule has 0 radical (unpaired) electrons. The van der Waals surface area contributed by atoms with Crippen molar-refractivity contribution in [1.82, 2.24) is 15.0 Å². The quantitative estimate of drug-likeness (QED) is 0.303. The highest BCUT2D eigenvalue weighted by Gasteiger charge is 2.33. The second-order valence-corrected chi connectivity index (χ2v) is 9.91. The van der Waals surface area contributed by atoms with E-state index in [2.05, 4.69) is 26.5 Å². The van der Waals surface area contributed by atoms with Gasteiger partial charge in [0.2, 0.25) is 7.59 Å². The van der Waals surface area contributed by atoms with E-state index in [0.29, 0.717) is 12.1 Å². The molecule has 0 atom stereocenters. The van der Waals surface area contributed by atoms with Gasteiger partial charge in [0.15, 0.2) is 17.5 Å². The number of hydrogen-bond donors (Lipinski definition) is 0. The predicted molar refractivity (Wildman–Crippen MR) is 111 cm³/mol. The highest BCUT2D eigenvalue weighted by molar-refractivity contribution is 6.67. The van der Waals surface area contributed by atoms with E-state index >= 15 is 0 Å². The number of aromatic nitrogens is 3. The second kappa shape index (κ2) is 8.59. The Kier molecular flexibility index (Phi) is 7.16. The molecule has 0 aliphatic carbocycles. The fourth-order valence-electron chi connectivity index (χ4n) is 1.78. The molecule has 0 saturated carbocycles. The van der Waals surface area contributed by atoms with Crippen molar-refractivity contribution in [1.29, 1.82) is 0 Å². The van der Waals surface area contributed by atoms with Crippen LogP contribution in [0.5, 0.6) is 0 Å². The summed E-state index contributed by atoms with van der Waals surface area (Å²) >= 11 is 35.2. The van der Waals surface area contributed by atoms with Crippen LogP contribution in [0.25, 0.3) is 11.4 Å². The molecule has 138 valence electrons. The smallest absolute Gasteiger partial charge is 0.250 e. The zero-order valence-electron chi connectivity index (χ0n) is 13.4. The first-order valence-corrected chi connectivity index (χ1v) is 9.38. The SMILES string of the molecule is C=C(C)CN=Cc1ccc(-c2nc(C(Cl)(Cl)Cl)nc(C(Cl)(Cl)Cl)n2)cc1. The summed E-state index contributed by atoms with van der Waals surface area (Å²) in [4.78, 5) is 16.5. The molecular weight excluding hydrogens is 461 g/mol. The Morgan fingerprint density at radius 2 is 1.46 bits per heavy atom. The molecule has 1 aromatic carbocycles. The maximum atomic E-state index is 5.87. The van der Waals surface area contributed by atoms with Crippen LogP contribution in [-0.2, 0) is 7.59 Å². The highest BCUT2D eigenvalue weighted by atomic mass is 35.6. The number of hydrogen-bond acceptors (Lipinski definition) is 4. The van der Waals surface area contributed by atoms with E-state index in [1.54, 1.807) is 18.3 Å². The molecule has 0 unspecified atom stereocenters. The monoisotopic (exact) mass is 470 g/mol. The van der Waals surface area contributed by atoms with E-state index in [4.69, 9.17) is 69.6 Å². The normalized spacial score (nSPS) is 12.6. The first-order valence-electron chi connectivity index (χ1n) is 7.12. The van der Waals surface area contributed by atoms with Crippen molar-refractivity contribution < 1.29 is 0 Å². The zero-order chi connectivity index (χ0) is 19.5. The number of halogens is 6. The van der Waals surface area contributed by atoms with Crippen LogP contribution in [0.1, 0.15) is 24.1 Å². The van der Waals surface area contributed by atoms with Gasteiger partial charge in [-0.15, -0.1) is 0 Å². The topological polar surface area (TPSA) is 51.0 Å². The van der Waals surface area contributed by atoms with E-state index < -0.39 is 7.59 Å². The molecule has 0 bridgehead atoms. The Balaban J connectivity index is 2.41. The Bertz CT molecular complexity index is 790. The van der Waals surface area contributed by atoms with Crippen LogP contribution in [0.2, 0.25) is 0 Å². The summed E-state index contributed by atoms with van der Waals surface area (Å²) in [6.45, 7) is 6.27. The van der Waals surface area contributed by atoms with Crippen LogP contribution in [0.4, 0.5) is 0 Å². The first-order chi connectivity index (χ1) is 12.0. The lowest BCUT2D eigenvalue weighted by Crippen LogP contribution is -2.16. The van der Waals surface area contributed by atoms with Gasteiger partial charge in [-0.05, 0) is 12.5 Å². The Morgan fingerprint density at radius 1 is 0.962 bits per heavy atom. The molecule has 0 N–H and O–H groups in total. The lowest BCUT2D eigenvalue weighted by Gasteiger charge is -2.15. The van der Waals surface area contributed by atoms with Crippen molar-refractivity contribution >= 4 is 75.8 Å². The van der Waals surface area contributed by atoms with Crippen molar-refractivity contribution in [2.75, 3.05) is 6.54 Å². The minimum Gasteiger partial charge on any atom is -0.288 e. The largest absolute Gasteiger partial charge is 0.288 e. The average Bonchev–Trinajstić information content (AvgIpc) is 2.53. The number of alkyl halides is 6. The van der Waals surface area contributed by atoms with Crippen molar-refractivity contribution in [3.05, 3.63) is 53.6 Å². The van der Waals surface area contributed by atoms with Crippen LogP contribution in [0.15, 0.2) is 41.4 Å². The summed E-state index contributed by atoms with van der Waals surface area (Å²) in [5.41, 5.74) is 2.50. The first kappa shape index (κ1) is 21.7. The minimum atomic E-state index is -1.89. The van der Waals surface area contributed by atoms with E-state index in [9.17, 15) is 0 Å². The minimum absolute atomic E-state index is 0.138. The van der Waals surface area contributed by atoms with Gasteiger partial charge in [0, 0.05) is 11.8 Å². The Labute approximate surface area is 181 Å². The van der Waals surface area contributed by atoms with Gasteiger partial charge in [-0.3, -0.25) is 4.99 Å². The lowest BCUT2D eigenvalue weighted by atomic mass is 10.1. The summed E-state index contributed by atoms with van der Waals surface area (Å²) in [7, 11) is 0. The summed E-state index contributed by atoms with van der Waals surface area (Å²) in [5, 5.41) is 0. The van der Waals surface area contributed by atoms with E-state index in [0.717, 1.165) is 11.1 Å². The molecule has 0 aliphatic rings. The fourth-order valence-corrected chi connectivity index (χ4v) is 2.29. The molecule has 26 heavy (non-hydrogen) atoms. The molecule has 0 spiro atoms. The second-order valence-electron chi connectivity index (χ2n) is 5.35. The van der Waals surface area contributed by atoms with Gasteiger partial charge in [-0.1, -0.05) is 106 Å². The molecule has 0 aliphatic heterocycles. The number of aliphatic imine (C=N–C) groups is 1. The van der Waals surface area contributed by atoms with Crippen LogP contribution < -0.4 is 0 Å². The fraction of sp³-hybridized carbons (Fsp3) is 0.250. The molecule has 2 rings (SSSR count). The van der Waals surface area contributed by atoms with Crippen molar-refractivity contribution in [3.8, 4) is 11.4 Å². The molecule has 2 aromatic rings. The van der Waals surface area contributed by atoms with Crippen LogP contribution in [0, 0.1) is 0 Å². The molecule has 4 nitrogen and oxygen atoms in total. The summed E-state index contributed by atoms with van der Waals surface area (Å²) in [6.07, 6.45) is 1.74. The van der Waals surface area contributed by atoms with Gasteiger partial charge < -0.3 is 0 Å². The third-order valence-electron chi connectivity index (χ3n) is 2.91. The maximum Gasteiger partial charge on any atom is 0.250 e. The highest BCUT2D eigenvalue weighted by Crippen LogP contribution is 2.40. The molecule has 0 saturated heterocycles. The van der Waals surface area contributed by atoms with Gasteiger partial charge >= 0.3 is 0 Å². The molecule has 0 amide bonds.